The van der Waals surface area contributed by atoms with Crippen LogP contribution in [0.2, 0.25) is 5.02 Å². The molecule has 3 atom stereocenters. The molecule has 3 rings (SSSR count). The highest BCUT2D eigenvalue weighted by Crippen LogP contribution is 2.38. The van der Waals surface area contributed by atoms with Crippen molar-refractivity contribution in [1.82, 2.24) is 10.2 Å². The van der Waals surface area contributed by atoms with E-state index in [2.05, 4.69) is 5.32 Å². The molecule has 1 aromatic rings. The van der Waals surface area contributed by atoms with E-state index >= 15 is 0 Å². The van der Waals surface area contributed by atoms with E-state index in [1.54, 1.807) is 18.2 Å². The minimum Gasteiger partial charge on any atom is -0.453 e. The molecule has 1 aliphatic carbocycles. The van der Waals surface area contributed by atoms with Gasteiger partial charge in [0.2, 0.25) is 5.78 Å². The average Bonchev–Trinajstić information content (AvgIpc) is 2.88. The molecule has 2 aliphatic rings. The highest BCUT2D eigenvalue weighted by Gasteiger charge is 2.55. The summed E-state index contributed by atoms with van der Waals surface area (Å²) in [6, 6.07) is 5.73. The Morgan fingerprint density at radius 3 is 2.79 bits per heavy atom. The van der Waals surface area contributed by atoms with Crippen molar-refractivity contribution in [2.75, 3.05) is 6.54 Å². The van der Waals surface area contributed by atoms with Gasteiger partial charge in [-0.25, -0.2) is 4.79 Å². The van der Waals surface area contributed by atoms with Gasteiger partial charge in [0.05, 0.1) is 0 Å². The van der Waals surface area contributed by atoms with Crippen LogP contribution < -0.4 is 5.32 Å². The Labute approximate surface area is 168 Å². The zero-order valence-corrected chi connectivity index (χ0v) is 16.6. The van der Waals surface area contributed by atoms with Gasteiger partial charge < -0.3 is 10.1 Å². The van der Waals surface area contributed by atoms with Crippen molar-refractivity contribution in [1.29, 1.82) is 0 Å². The highest BCUT2D eigenvalue weighted by molar-refractivity contribution is 6.31. The predicted octanol–water partition coefficient (Wildman–Crippen LogP) is 2.96. The molecule has 1 heterocycles. The smallest absolute Gasteiger partial charge is 0.326 e. The third-order valence-electron chi connectivity index (χ3n) is 5.58. The number of rotatable bonds is 5. The zero-order valence-electron chi connectivity index (χ0n) is 15.9. The molecular weight excluding hydrogens is 384 g/mol. The molecule has 1 N–H and O–H groups in total. The Kier molecular flexibility index (Phi) is 5.74. The monoisotopic (exact) mass is 406 g/mol. The van der Waals surface area contributed by atoms with Crippen LogP contribution in [-0.2, 0) is 14.3 Å². The fourth-order valence-electron chi connectivity index (χ4n) is 3.93. The van der Waals surface area contributed by atoms with E-state index in [0.717, 1.165) is 24.2 Å². The Hall–Kier alpha value is -2.41. The number of carbonyl (C=O) groups is 4. The van der Waals surface area contributed by atoms with Crippen LogP contribution in [0.1, 0.15) is 49.9 Å². The fourth-order valence-corrected chi connectivity index (χ4v) is 4.12. The first-order chi connectivity index (χ1) is 13.2. The lowest BCUT2D eigenvalue weighted by atomic mass is 9.73. The van der Waals surface area contributed by atoms with Gasteiger partial charge in [0.15, 0.2) is 6.10 Å². The summed E-state index contributed by atoms with van der Waals surface area (Å²) < 4.78 is 5.16. The van der Waals surface area contributed by atoms with Gasteiger partial charge in [-0.1, -0.05) is 43.5 Å². The second kappa shape index (κ2) is 7.91. The van der Waals surface area contributed by atoms with Crippen molar-refractivity contribution in [3.8, 4) is 0 Å². The van der Waals surface area contributed by atoms with Crippen LogP contribution in [0.25, 0.3) is 0 Å². The summed E-state index contributed by atoms with van der Waals surface area (Å²) in [6.07, 6.45) is 2.20. The number of ether oxygens (including phenoxy) is 1. The predicted molar refractivity (Wildman–Crippen MR) is 102 cm³/mol. The molecule has 0 bridgehead atoms. The topological polar surface area (TPSA) is 92.8 Å². The first-order valence-electron chi connectivity index (χ1n) is 9.38. The van der Waals surface area contributed by atoms with Gasteiger partial charge in [-0.15, -0.1) is 0 Å². The third-order valence-corrected chi connectivity index (χ3v) is 5.81. The van der Waals surface area contributed by atoms with Gasteiger partial charge in [0, 0.05) is 10.6 Å². The van der Waals surface area contributed by atoms with Crippen molar-refractivity contribution >= 4 is 35.3 Å². The second-order valence-corrected chi connectivity index (χ2v) is 7.88. The van der Waals surface area contributed by atoms with E-state index in [1.165, 1.54) is 13.0 Å². The van der Waals surface area contributed by atoms with E-state index in [1.807, 2.05) is 6.92 Å². The van der Waals surface area contributed by atoms with Gasteiger partial charge in [-0.2, -0.15) is 0 Å². The summed E-state index contributed by atoms with van der Waals surface area (Å²) in [5.74, 6) is -1.62. The molecule has 28 heavy (non-hydrogen) atoms. The fraction of sp³-hybridized carbons (Fsp3) is 0.500. The SMILES string of the molecule is C[C@H](OC(=O)CN1C(=O)N[C@]2(CCCC[C@@H]2C)C1=O)C(=O)c1cccc(Cl)c1. The van der Waals surface area contributed by atoms with Gasteiger partial charge in [0.1, 0.15) is 12.1 Å². The Balaban J connectivity index is 1.63. The molecule has 1 aromatic carbocycles. The average molecular weight is 407 g/mol. The number of benzene rings is 1. The molecule has 2 fully saturated rings. The molecule has 8 heteroatoms. The van der Waals surface area contributed by atoms with Crippen molar-refractivity contribution in [2.24, 2.45) is 5.92 Å². The Bertz CT molecular complexity index is 827. The van der Waals surface area contributed by atoms with Gasteiger partial charge in [0.25, 0.3) is 5.91 Å². The minimum atomic E-state index is -1.06. The lowest BCUT2D eigenvalue weighted by Gasteiger charge is -2.36. The number of carbonyl (C=O) groups excluding carboxylic acids is 4. The first kappa shape index (κ1) is 20.3. The van der Waals surface area contributed by atoms with E-state index in [9.17, 15) is 19.2 Å². The zero-order chi connectivity index (χ0) is 20.5. The molecule has 0 radical (unpaired) electrons. The van der Waals surface area contributed by atoms with Crippen LogP contribution in [0.3, 0.4) is 0 Å². The van der Waals surface area contributed by atoms with Crippen LogP contribution >= 0.6 is 11.6 Å². The van der Waals surface area contributed by atoms with E-state index < -0.39 is 41.9 Å². The number of urea groups is 1. The summed E-state index contributed by atoms with van der Waals surface area (Å²) in [4.78, 5) is 50.8. The number of imide groups is 1. The molecule has 0 aromatic heterocycles. The normalized spacial score (nSPS) is 25.5. The number of nitrogens with one attached hydrogen (secondary N) is 1. The number of amides is 3. The summed E-state index contributed by atoms with van der Waals surface area (Å²) in [5.41, 5.74) is -0.615. The van der Waals surface area contributed by atoms with Gasteiger partial charge >= 0.3 is 12.0 Å². The summed E-state index contributed by atoms with van der Waals surface area (Å²) in [6.45, 7) is 2.86. The minimum absolute atomic E-state index is 0.00190. The molecule has 0 unspecified atom stereocenters. The van der Waals surface area contributed by atoms with Crippen LogP contribution in [-0.4, -0.2) is 46.8 Å². The number of halogens is 1. The molecule has 1 saturated heterocycles. The number of ketones is 1. The van der Waals surface area contributed by atoms with Crippen molar-refractivity contribution < 1.29 is 23.9 Å². The summed E-state index contributed by atoms with van der Waals surface area (Å²) >= 11 is 5.88. The van der Waals surface area contributed by atoms with Gasteiger partial charge in [-0.05, 0) is 37.8 Å². The van der Waals surface area contributed by atoms with Crippen LogP contribution in [0.4, 0.5) is 4.79 Å². The quantitative estimate of drug-likeness (QED) is 0.461. The van der Waals surface area contributed by atoms with E-state index in [-0.39, 0.29) is 5.92 Å². The number of Topliss-reactive ketones (excluding diaryl/α,β-unsaturated/α-hetero) is 1. The van der Waals surface area contributed by atoms with Gasteiger partial charge in [-0.3, -0.25) is 19.3 Å². The largest absolute Gasteiger partial charge is 0.453 e. The molecule has 1 saturated carbocycles. The van der Waals surface area contributed by atoms with Crippen LogP contribution in [0.15, 0.2) is 24.3 Å². The number of esters is 1. The molecule has 7 nitrogen and oxygen atoms in total. The lowest BCUT2D eigenvalue weighted by molar-refractivity contribution is -0.150. The molecule has 1 aliphatic heterocycles. The van der Waals surface area contributed by atoms with E-state index in [0.29, 0.717) is 17.0 Å². The standard InChI is InChI=1S/C20H23ClN2O5/c1-12-6-3-4-9-20(12)18(26)23(19(27)22-20)11-16(24)28-13(2)17(25)14-7-5-8-15(21)10-14/h5,7-8,10,12-13H,3-4,6,9,11H2,1-2H3,(H,22,27)/t12-,13-,20-/m0/s1. The first-order valence-corrected chi connectivity index (χ1v) is 9.76. The van der Waals surface area contributed by atoms with Crippen molar-refractivity contribution in [3.05, 3.63) is 34.9 Å². The van der Waals surface area contributed by atoms with E-state index in [4.69, 9.17) is 16.3 Å². The summed E-state index contributed by atoms with van der Waals surface area (Å²) in [7, 11) is 0. The Morgan fingerprint density at radius 1 is 1.36 bits per heavy atom. The maximum atomic E-state index is 12.9. The molecule has 1 spiro atoms. The number of hydrogen-bond donors (Lipinski definition) is 1. The van der Waals surface area contributed by atoms with Crippen molar-refractivity contribution in [3.63, 3.8) is 0 Å². The molecule has 3 amide bonds. The maximum absolute atomic E-state index is 12.9. The van der Waals surface area contributed by atoms with Crippen molar-refractivity contribution in [2.45, 2.75) is 51.2 Å². The molecular formula is C20H23ClN2O5. The maximum Gasteiger partial charge on any atom is 0.326 e. The molecule has 150 valence electrons. The van der Waals surface area contributed by atoms with Crippen LogP contribution in [0.5, 0.6) is 0 Å². The highest BCUT2D eigenvalue weighted by atomic mass is 35.5. The number of hydrogen-bond acceptors (Lipinski definition) is 5. The third kappa shape index (κ3) is 3.76. The Morgan fingerprint density at radius 2 is 2.11 bits per heavy atom. The number of nitrogens with zero attached hydrogens (tertiary/aromatic N) is 1. The van der Waals surface area contributed by atoms with Crippen LogP contribution in [0, 0.1) is 5.92 Å². The second-order valence-electron chi connectivity index (χ2n) is 7.45. The lowest BCUT2D eigenvalue weighted by Crippen LogP contribution is -2.54. The summed E-state index contributed by atoms with van der Waals surface area (Å²) in [5, 5.41) is 3.18.